The molecule has 0 bridgehead atoms. The van der Waals surface area contributed by atoms with Crippen molar-refractivity contribution in [3.63, 3.8) is 0 Å². The van der Waals surface area contributed by atoms with Crippen molar-refractivity contribution < 1.29 is 9.90 Å². The molecule has 0 spiro atoms. The summed E-state index contributed by atoms with van der Waals surface area (Å²) in [5.41, 5.74) is 0. The molecule has 0 radical (unpaired) electrons. The number of aliphatic carboxylic acids is 1. The summed E-state index contributed by atoms with van der Waals surface area (Å²) in [6.45, 7) is 1.08. The molecule has 0 aliphatic carbocycles. The van der Waals surface area contributed by atoms with Crippen LogP contribution in [-0.2, 0) is 4.79 Å². The van der Waals surface area contributed by atoms with E-state index in [1.54, 1.807) is 0 Å². The number of carboxylic acid groups (broad SMARTS) is 1. The van der Waals surface area contributed by atoms with E-state index in [4.69, 9.17) is 9.90 Å². The molecule has 0 atom stereocenters. The molecular formula is C2H4IKO2. The molecule has 1 N–H and O–H groups in total. The van der Waals surface area contributed by atoms with Crippen LogP contribution in [0.3, 0.4) is 0 Å². The van der Waals surface area contributed by atoms with Gasteiger partial charge in [-0.1, -0.05) is 0 Å². The van der Waals surface area contributed by atoms with Gasteiger partial charge in [0.05, 0.1) is 0 Å². The first-order valence-electron chi connectivity index (χ1n) is 1.31. The summed E-state index contributed by atoms with van der Waals surface area (Å²) in [7, 11) is 0. The molecule has 0 aromatic rings. The van der Waals surface area contributed by atoms with Gasteiger partial charge in [-0.15, -0.1) is 0 Å². The molecule has 0 aromatic heterocycles. The molecule has 0 amide bonds. The maximum absolute atomic E-state index is 9.00. The quantitative estimate of drug-likeness (QED) is 0.485. The number of hydrogen-bond acceptors (Lipinski definition) is 1. The average molecular weight is 226 g/mol. The summed E-state index contributed by atoms with van der Waals surface area (Å²) in [5.74, 6) is -0.833. The molecule has 0 saturated carbocycles. The molecule has 0 aliphatic rings. The van der Waals surface area contributed by atoms with E-state index in [9.17, 15) is 0 Å². The monoisotopic (exact) mass is 226 g/mol. The van der Waals surface area contributed by atoms with Crippen LogP contribution in [0.2, 0.25) is 0 Å². The normalized spacial score (nSPS) is 5.33. The topological polar surface area (TPSA) is 37.3 Å². The van der Waals surface area contributed by atoms with Crippen LogP contribution in [0, 0.1) is 0 Å². The van der Waals surface area contributed by atoms with Crippen molar-refractivity contribution in [2.45, 2.75) is 6.92 Å². The Morgan fingerprint density at radius 1 is 1.83 bits per heavy atom. The zero-order valence-corrected chi connectivity index (χ0v) is 9.01. The second-order valence-electron chi connectivity index (χ2n) is 0.519. The molecule has 2 nitrogen and oxygen atoms in total. The molecule has 4 heteroatoms. The number of halogens is 1. The Labute approximate surface area is 74.7 Å². The first-order valence-corrected chi connectivity index (χ1v) is 11.4. The number of rotatable bonds is 0. The van der Waals surface area contributed by atoms with Gasteiger partial charge in [-0.05, 0) is 0 Å². The van der Waals surface area contributed by atoms with Gasteiger partial charge >= 0.3 is 54.0 Å². The third-order valence-electron chi connectivity index (χ3n) is 0. The van der Waals surface area contributed by atoms with Crippen molar-refractivity contribution in [1.82, 2.24) is 0 Å². The first-order chi connectivity index (χ1) is 2.73. The van der Waals surface area contributed by atoms with E-state index in [0.717, 1.165) is 49.6 Å². The van der Waals surface area contributed by atoms with E-state index in [2.05, 4.69) is 11.3 Å². The van der Waals surface area contributed by atoms with Gasteiger partial charge in [0.2, 0.25) is 0 Å². The second-order valence-corrected chi connectivity index (χ2v) is 0.519. The Kier molecular flexibility index (Phi) is 17.8. The molecule has 6 heavy (non-hydrogen) atoms. The van der Waals surface area contributed by atoms with E-state index >= 15 is 0 Å². The predicted molar refractivity (Wildman–Crippen MR) is 33.1 cm³/mol. The van der Waals surface area contributed by atoms with Crippen LogP contribution in [0.1, 0.15) is 6.92 Å². The van der Waals surface area contributed by atoms with Crippen LogP contribution >= 0.6 is 11.3 Å². The van der Waals surface area contributed by atoms with Crippen molar-refractivity contribution in [3.8, 4) is 0 Å². The average Bonchev–Trinajstić information content (AvgIpc) is 1.41. The molecule has 0 saturated heterocycles. The number of carbonyl (C=O) groups is 1. The van der Waals surface area contributed by atoms with E-state index < -0.39 is 5.97 Å². The van der Waals surface area contributed by atoms with Gasteiger partial charge in [-0.25, -0.2) is 0 Å². The van der Waals surface area contributed by atoms with Crippen LogP contribution in [0.25, 0.3) is 0 Å². The van der Waals surface area contributed by atoms with Gasteiger partial charge in [0.15, 0.2) is 0 Å². The van der Waals surface area contributed by atoms with Crippen molar-refractivity contribution >= 4 is 60.0 Å². The second kappa shape index (κ2) is 9.96. The summed E-state index contributed by atoms with van der Waals surface area (Å²) >= 11 is 3.37. The third kappa shape index (κ3) is 40.5. The maximum atomic E-state index is 9.00. The van der Waals surface area contributed by atoms with E-state index in [1.807, 2.05) is 0 Å². The Hall–Kier alpha value is 1.84. The molecular weight excluding hydrogens is 222 g/mol. The van der Waals surface area contributed by atoms with Crippen LogP contribution in [0.5, 0.6) is 0 Å². The fourth-order valence-corrected chi connectivity index (χ4v) is 0. The van der Waals surface area contributed by atoms with Crippen molar-refractivity contribution in [2.24, 2.45) is 0 Å². The Morgan fingerprint density at radius 2 is 1.83 bits per heavy atom. The summed E-state index contributed by atoms with van der Waals surface area (Å²) in [6.07, 6.45) is 0. The Morgan fingerprint density at radius 3 is 1.83 bits per heavy atom. The minimum atomic E-state index is -0.833. The molecule has 32 valence electrons. The fourth-order valence-electron chi connectivity index (χ4n) is 0. The Bertz CT molecular complexity index is 34.5. The van der Waals surface area contributed by atoms with Crippen molar-refractivity contribution in [2.75, 3.05) is 0 Å². The summed E-state index contributed by atoms with van der Waals surface area (Å²) in [4.78, 5) is 9.00. The molecule has 0 unspecified atom stereocenters. The van der Waals surface area contributed by atoms with Crippen LogP contribution in [-0.4, -0.2) is 53.8 Å². The van der Waals surface area contributed by atoms with Crippen LogP contribution in [0.4, 0.5) is 0 Å². The van der Waals surface area contributed by atoms with Crippen LogP contribution in [0.15, 0.2) is 0 Å². The first kappa shape index (κ1) is 10.8. The zero-order chi connectivity index (χ0) is 5.58. The van der Waals surface area contributed by atoms with Gasteiger partial charge in [-0.2, -0.15) is 0 Å². The zero-order valence-electron chi connectivity index (χ0n) is 3.73. The number of carboxylic acids is 1. The van der Waals surface area contributed by atoms with Crippen LogP contribution < -0.4 is 0 Å². The third-order valence-corrected chi connectivity index (χ3v) is 0. The van der Waals surface area contributed by atoms with E-state index in [1.165, 1.54) is 0 Å². The van der Waals surface area contributed by atoms with Gasteiger partial charge in [0, 0.05) is 6.92 Å². The predicted octanol–water partition coefficient (Wildman–Crippen LogP) is 0.596. The summed E-state index contributed by atoms with van der Waals surface area (Å²) in [6, 6.07) is 0. The fraction of sp³-hybridized carbons (Fsp3) is 0.500. The van der Waals surface area contributed by atoms with Gasteiger partial charge < -0.3 is 5.11 Å². The summed E-state index contributed by atoms with van der Waals surface area (Å²) in [5, 5.41) is 7.42. The molecule has 0 rings (SSSR count). The van der Waals surface area contributed by atoms with Crippen molar-refractivity contribution in [1.29, 1.82) is 0 Å². The SMILES string of the molecule is CC(=O)O.[K][I]. The number of hydrogen-bond donors (Lipinski definition) is 1. The molecule has 0 aromatic carbocycles. The van der Waals surface area contributed by atoms with E-state index in [0.29, 0.717) is 0 Å². The molecule has 0 heterocycles. The standard InChI is InChI=1S/C2H4O2.HI.K/c1-2(3)4;;/h1H3,(H,3,4);1H;/q;;+1/p-1. The van der Waals surface area contributed by atoms with Gasteiger partial charge in [0.25, 0.3) is 5.97 Å². The molecule has 0 fully saturated rings. The van der Waals surface area contributed by atoms with Gasteiger partial charge in [-0.3, -0.25) is 4.79 Å². The minimum absolute atomic E-state index is 0.833. The van der Waals surface area contributed by atoms with Crippen molar-refractivity contribution in [3.05, 3.63) is 0 Å². The van der Waals surface area contributed by atoms with E-state index in [-0.39, 0.29) is 0 Å². The van der Waals surface area contributed by atoms with Gasteiger partial charge in [0.1, 0.15) is 0 Å². The molecule has 0 aliphatic heterocycles. The summed E-state index contributed by atoms with van der Waals surface area (Å²) < 4.78 is 0. The Balaban J connectivity index is 0.